The van der Waals surface area contributed by atoms with Crippen molar-refractivity contribution >= 4 is 115 Å². The summed E-state index contributed by atoms with van der Waals surface area (Å²) >= 11 is 1.74. The van der Waals surface area contributed by atoms with E-state index in [1.165, 1.54) is 26.0 Å². The van der Waals surface area contributed by atoms with Gasteiger partial charge in [0.25, 0.3) is 23.6 Å². The number of fused-ring (bicyclic) bond motifs is 7. The first-order valence-electron chi connectivity index (χ1n) is 33.4. The standard InChI is InChI=1S/C82H56N6O18S2/c1-47-59(39-83)71(89)87(79(97)103-45-53-29-17-7-18-30-53)73(91)67(47)85-65-37-63-69(107-65)57-33-55-36-62-58(34-56(55)35-61(57)81(105-63,75(93)99-41-49-21-9-3-10-22-49)76(94)100-42-50-23-11-4-12-24-50)70-64(106-82(62,77(95)101-43-51-25-13-5-14-26-51)78(96)102-44-52-27-15-6-16-28-52)38-66(108-70)86-68-48(2)60(40-84)72(90)88(74(68)92)80(98)104-46-54-31-19-8-20-32-54/h3-38,55-56H,41-46H2,1-2H3. The zero-order chi connectivity index (χ0) is 75.4. The minimum absolute atomic E-state index is 0.0806. The Bertz CT molecular complexity index is 5000. The normalized spacial score (nSPS) is 17.9. The Morgan fingerprint density at radius 1 is 0.407 bits per heavy atom. The van der Waals surface area contributed by atoms with E-state index in [0.29, 0.717) is 33.4 Å². The van der Waals surface area contributed by atoms with E-state index in [0.717, 1.165) is 22.7 Å². The fraction of sp³-hybridized carbons (Fsp3) is 0.146. The van der Waals surface area contributed by atoms with Gasteiger partial charge in [0.05, 0.1) is 9.75 Å². The SMILES string of the molecule is CC1=C(C#N)C(=O)N(C(=O)OCc2ccccc2)C(=O)C1=Nc1cc2c(s1)C1=CC3C=C4C(=CC3C=C1C(C(=O)OCc1ccccc1)(C(=O)OCc1ccccc1)O2)c1sc(N=C2C(=O)N(C(=O)OCc3ccccc3)C(=O)C(C#N)=C2C)cc1OC4(C(=O)OCc1ccccc1)C(=O)OCc1ccccc1. The molecule has 2 unspecified atom stereocenters. The number of allylic oxidation sites excluding steroid dienone is 4. The van der Waals surface area contributed by atoms with Crippen LogP contribution in [0, 0.1) is 34.5 Å². The summed E-state index contributed by atoms with van der Waals surface area (Å²) in [4.78, 5) is 157. The lowest BCUT2D eigenvalue weighted by molar-refractivity contribution is -0.179. The van der Waals surface area contributed by atoms with Gasteiger partial charge in [-0.05, 0) is 47.2 Å². The number of benzene rings is 6. The summed E-state index contributed by atoms with van der Waals surface area (Å²) in [5.41, 5.74) is -5.36. The lowest BCUT2D eigenvalue weighted by Crippen LogP contribution is -2.58. The van der Waals surface area contributed by atoms with Crippen LogP contribution in [0.2, 0.25) is 0 Å². The molecule has 0 N–H and O–H groups in total. The number of ether oxygens (including phenoxy) is 8. The highest BCUT2D eigenvalue weighted by molar-refractivity contribution is 7.17. The van der Waals surface area contributed by atoms with Gasteiger partial charge >= 0.3 is 47.3 Å². The molecule has 0 fully saturated rings. The molecule has 0 spiro atoms. The second kappa shape index (κ2) is 30.1. The van der Waals surface area contributed by atoms with E-state index in [-0.39, 0.29) is 114 Å². The van der Waals surface area contributed by atoms with Crippen molar-refractivity contribution in [2.24, 2.45) is 21.8 Å². The topological polar surface area (TPSA) is 323 Å². The molecular weight excluding hydrogens is 1420 g/mol. The minimum atomic E-state index is -2.87. The van der Waals surface area contributed by atoms with E-state index in [9.17, 15) is 39.3 Å². The summed E-state index contributed by atoms with van der Waals surface area (Å²) < 4.78 is 49.0. The molecule has 0 saturated heterocycles. The number of nitriles is 2. The van der Waals surface area contributed by atoms with Crippen molar-refractivity contribution in [2.45, 2.75) is 64.7 Å². The monoisotopic (exact) mass is 1480 g/mol. The van der Waals surface area contributed by atoms with Gasteiger partial charge in [0.2, 0.25) is 0 Å². The van der Waals surface area contributed by atoms with E-state index in [1.54, 1.807) is 218 Å². The average molecular weight is 1480 g/mol. The van der Waals surface area contributed by atoms with Crippen molar-refractivity contribution < 1.29 is 85.8 Å². The maximum absolute atomic E-state index is 15.7. The molecule has 534 valence electrons. The summed E-state index contributed by atoms with van der Waals surface area (Å²) in [6, 6.07) is 57.3. The van der Waals surface area contributed by atoms with Crippen LogP contribution >= 0.6 is 22.7 Å². The first kappa shape index (κ1) is 71.2. The smallest absolute Gasteiger partial charge is 0.424 e. The molecule has 6 amide bonds. The van der Waals surface area contributed by atoms with Gasteiger partial charge in [-0.2, -0.15) is 20.3 Å². The zero-order valence-corrected chi connectivity index (χ0v) is 58.7. The van der Waals surface area contributed by atoms with Gasteiger partial charge in [-0.1, -0.05) is 206 Å². The summed E-state index contributed by atoms with van der Waals surface area (Å²) in [6.07, 6.45) is 3.65. The third-order valence-corrected chi connectivity index (χ3v) is 20.2. The fourth-order valence-corrected chi connectivity index (χ4v) is 14.7. The van der Waals surface area contributed by atoms with Crippen molar-refractivity contribution in [2.75, 3.05) is 0 Å². The van der Waals surface area contributed by atoms with Crippen LogP contribution in [0.5, 0.6) is 11.5 Å². The molecule has 26 heteroatoms. The van der Waals surface area contributed by atoms with Crippen molar-refractivity contribution in [1.29, 1.82) is 10.5 Å². The number of thiophene rings is 2. The molecule has 2 atom stereocenters. The lowest BCUT2D eigenvalue weighted by Gasteiger charge is -2.42. The van der Waals surface area contributed by atoms with Crippen molar-refractivity contribution in [3.63, 3.8) is 0 Å². The van der Waals surface area contributed by atoms with Crippen LogP contribution in [-0.2, 0) is 106 Å². The van der Waals surface area contributed by atoms with Gasteiger partial charge in [0.15, 0.2) is 0 Å². The van der Waals surface area contributed by atoms with Crippen LogP contribution < -0.4 is 9.47 Å². The second-order valence-corrected chi connectivity index (χ2v) is 27.0. The Morgan fingerprint density at radius 3 is 0.944 bits per heavy atom. The molecular formula is C82H56N6O18S2. The molecule has 0 bridgehead atoms. The van der Waals surface area contributed by atoms with Crippen molar-refractivity contribution in [1.82, 2.24) is 9.80 Å². The highest BCUT2D eigenvalue weighted by Gasteiger charge is 2.63. The molecule has 2 aromatic heterocycles. The Hall–Kier alpha value is -13.8. The van der Waals surface area contributed by atoms with E-state index in [1.807, 2.05) is 0 Å². The maximum atomic E-state index is 15.7. The number of carbonyl (C=O) groups excluding carboxylic acids is 10. The quantitative estimate of drug-likeness (QED) is 0.0333. The predicted molar refractivity (Wildman–Crippen MR) is 387 cm³/mol. The van der Waals surface area contributed by atoms with Crippen LogP contribution in [0.4, 0.5) is 19.6 Å². The Kier molecular flexibility index (Phi) is 19.8. The molecule has 0 saturated carbocycles. The molecule has 0 radical (unpaired) electrons. The Balaban J connectivity index is 0.942. The summed E-state index contributed by atoms with van der Waals surface area (Å²) in [5, 5.41) is 20.6. The number of nitrogens with zero attached hydrogens (tertiary/aromatic N) is 6. The van der Waals surface area contributed by atoms with Gasteiger partial charge < -0.3 is 37.9 Å². The Labute approximate surface area is 622 Å². The number of esters is 4. The van der Waals surface area contributed by atoms with E-state index in [4.69, 9.17) is 37.9 Å². The van der Waals surface area contributed by atoms with Crippen LogP contribution in [0.3, 0.4) is 0 Å². The van der Waals surface area contributed by atoms with E-state index in [2.05, 4.69) is 9.98 Å². The molecule has 6 heterocycles. The zero-order valence-electron chi connectivity index (χ0n) is 57.0. The molecule has 108 heavy (non-hydrogen) atoms. The third kappa shape index (κ3) is 13.5. The van der Waals surface area contributed by atoms with E-state index < -0.39 is 105 Å². The fourth-order valence-electron chi connectivity index (χ4n) is 12.7. The average Bonchev–Trinajstić information content (AvgIpc) is 1.27. The number of hydrogen-bond acceptors (Lipinski definition) is 24. The van der Waals surface area contributed by atoms with Crippen LogP contribution in [0.15, 0.2) is 262 Å². The molecule has 6 aromatic carbocycles. The highest BCUT2D eigenvalue weighted by atomic mass is 32.1. The van der Waals surface area contributed by atoms with Crippen molar-refractivity contribution in [3.05, 3.63) is 295 Å². The first-order chi connectivity index (χ1) is 52.4. The van der Waals surface area contributed by atoms with Gasteiger partial charge in [0.1, 0.15) is 95.9 Å². The molecule has 2 aliphatic carbocycles. The molecule has 24 nitrogen and oxygen atoms in total. The van der Waals surface area contributed by atoms with Gasteiger partial charge in [-0.25, -0.2) is 38.8 Å². The summed E-state index contributed by atoms with van der Waals surface area (Å²) in [6.45, 7) is 0.346. The highest BCUT2D eigenvalue weighted by Crippen LogP contribution is 2.59. The van der Waals surface area contributed by atoms with Crippen LogP contribution in [0.1, 0.15) is 57.0 Å². The van der Waals surface area contributed by atoms with Gasteiger partial charge in [-0.15, -0.1) is 22.7 Å². The van der Waals surface area contributed by atoms with Crippen LogP contribution in [0.25, 0.3) is 11.1 Å². The maximum Gasteiger partial charge on any atom is 0.424 e. The third-order valence-electron chi connectivity index (χ3n) is 18.2. The minimum Gasteiger partial charge on any atom is -0.458 e. The van der Waals surface area contributed by atoms with Crippen molar-refractivity contribution in [3.8, 4) is 23.6 Å². The molecule has 4 aliphatic heterocycles. The Morgan fingerprint density at radius 2 is 0.676 bits per heavy atom. The van der Waals surface area contributed by atoms with Gasteiger partial charge in [0, 0.05) is 57.4 Å². The number of carbonyl (C=O) groups is 10. The molecule has 6 aliphatic rings. The summed E-state index contributed by atoms with van der Waals surface area (Å²) in [5.74, 6) is -12.5. The number of rotatable bonds is 18. The predicted octanol–water partition coefficient (Wildman–Crippen LogP) is 12.9. The number of hydrogen-bond donors (Lipinski definition) is 0. The summed E-state index contributed by atoms with van der Waals surface area (Å²) in [7, 11) is 0. The molecule has 14 rings (SSSR count). The molecule has 8 aromatic rings. The lowest BCUT2D eigenvalue weighted by atomic mass is 9.68. The van der Waals surface area contributed by atoms with Crippen LogP contribution in [-0.4, -0.2) is 92.1 Å². The second-order valence-electron chi connectivity index (χ2n) is 25.0. The van der Waals surface area contributed by atoms with E-state index >= 15 is 19.2 Å². The number of aliphatic imine (C=N–C) groups is 2. The van der Waals surface area contributed by atoms with Gasteiger partial charge in [-0.3, -0.25) is 19.2 Å². The number of imide groups is 6. The first-order valence-corrected chi connectivity index (χ1v) is 35.0. The largest absolute Gasteiger partial charge is 0.458 e. The number of amides is 6.